The Labute approximate surface area is 579 Å². The zero-order chi connectivity index (χ0) is 69.5. The van der Waals surface area contributed by atoms with Gasteiger partial charge in [0.05, 0.1) is 26.4 Å². The third-order valence-corrected chi connectivity index (χ3v) is 18.3. The lowest BCUT2D eigenvalue weighted by atomic mass is 10.0. The SMILES string of the molecule is CCCCC/C=C\C/C=C\C/C=C\C/C=C\CCCCCCCCCCCCCCCCCC(=O)OCC(O)COP(=O)(O)OCC(O)COP(=O)(O)OCC(COC(=O)CCCCCCC/C=C\CCCCCCCC)OC(=O)CCCCCCC/C=C\CCCCCC. The van der Waals surface area contributed by atoms with E-state index in [1.807, 2.05) is 0 Å². The molecule has 0 spiro atoms. The Morgan fingerprint density at radius 1 is 0.295 bits per heavy atom. The summed E-state index contributed by atoms with van der Waals surface area (Å²) < 4.78 is 61.0. The van der Waals surface area contributed by atoms with Crippen LogP contribution in [0.3, 0.4) is 0 Å². The van der Waals surface area contributed by atoms with Gasteiger partial charge in [-0.15, -0.1) is 0 Å². The molecule has 0 fully saturated rings. The molecule has 0 amide bonds. The molecule has 0 saturated carbocycles. The molecular weight excluding hydrogens is 1240 g/mol. The van der Waals surface area contributed by atoms with E-state index in [0.717, 1.165) is 116 Å². The number of phosphoric ester groups is 2. The summed E-state index contributed by atoms with van der Waals surface area (Å²) in [5.74, 6) is -1.58. The molecule has 0 aliphatic carbocycles. The van der Waals surface area contributed by atoms with Gasteiger partial charge in [0.1, 0.15) is 25.4 Å². The van der Waals surface area contributed by atoms with E-state index < -0.39 is 91.5 Å². The van der Waals surface area contributed by atoms with Crippen LogP contribution in [0.4, 0.5) is 0 Å². The van der Waals surface area contributed by atoms with Crippen molar-refractivity contribution in [2.75, 3.05) is 39.6 Å². The summed E-state index contributed by atoms with van der Waals surface area (Å²) in [4.78, 5) is 58.4. The van der Waals surface area contributed by atoms with Crippen LogP contribution in [0.5, 0.6) is 0 Å². The van der Waals surface area contributed by atoms with Crippen molar-refractivity contribution in [2.45, 2.75) is 360 Å². The zero-order valence-electron chi connectivity index (χ0n) is 60.3. The number of unbranched alkanes of at least 4 members (excludes halogenated alkanes) is 38. The predicted octanol–water partition coefficient (Wildman–Crippen LogP) is 21.9. The molecule has 0 aromatic heterocycles. The molecule has 0 aliphatic heterocycles. The minimum absolute atomic E-state index is 0.0961. The Morgan fingerprint density at radius 3 is 0.874 bits per heavy atom. The van der Waals surface area contributed by atoms with E-state index in [-0.39, 0.29) is 19.3 Å². The Balaban J connectivity index is 4.39. The first-order valence-corrected chi connectivity index (χ1v) is 41.2. The highest BCUT2D eigenvalue weighted by Crippen LogP contribution is 2.45. The third kappa shape index (κ3) is 72.1. The summed E-state index contributed by atoms with van der Waals surface area (Å²) >= 11 is 0. The van der Waals surface area contributed by atoms with Crippen LogP contribution in [0.2, 0.25) is 0 Å². The van der Waals surface area contributed by atoms with Gasteiger partial charge >= 0.3 is 33.6 Å². The van der Waals surface area contributed by atoms with Gasteiger partial charge < -0.3 is 34.2 Å². The minimum atomic E-state index is -4.92. The van der Waals surface area contributed by atoms with E-state index in [1.165, 1.54) is 167 Å². The number of carbonyl (C=O) groups is 3. The lowest BCUT2D eigenvalue weighted by Gasteiger charge is -2.21. The molecule has 0 rings (SSSR count). The van der Waals surface area contributed by atoms with Crippen LogP contribution < -0.4 is 0 Å². The standard InChI is InChI=1S/C77H140O16P2/c1-4-7-10-13-16-19-22-25-27-28-29-30-31-32-33-34-35-36-37-38-39-40-41-42-44-47-48-51-54-57-60-63-75(80)87-66-72(78)67-89-94(83,84)90-68-73(79)69-91-95(85,86)92-71-74(93-77(82)65-62-59-56-53-50-45-24-21-18-15-12-9-6-3)70-88-76(81)64-61-58-55-52-49-46-43-26-23-20-17-14-11-8-5-2/h16,19,21,24-27,29-30,32-33,43,72-74,78-79H,4-15,17-18,20,22-23,28,31,34-42,44-71H2,1-3H3,(H,83,84)(H,85,86)/b19-16-,24-21-,27-25-,30-29-,33-32-,43-26-. The fraction of sp³-hybridized carbons (Fsp3) is 0.805. The molecule has 5 unspecified atom stereocenters. The van der Waals surface area contributed by atoms with Crippen molar-refractivity contribution < 1.29 is 75.8 Å². The maximum absolute atomic E-state index is 12.9. The molecule has 0 aromatic rings. The first-order valence-electron chi connectivity index (χ1n) is 38.2. The van der Waals surface area contributed by atoms with Crippen LogP contribution in [0.1, 0.15) is 342 Å². The smallest absolute Gasteiger partial charge is 0.463 e. The highest BCUT2D eigenvalue weighted by Gasteiger charge is 2.29. The van der Waals surface area contributed by atoms with Crippen molar-refractivity contribution in [3.8, 4) is 0 Å². The van der Waals surface area contributed by atoms with E-state index >= 15 is 0 Å². The van der Waals surface area contributed by atoms with Gasteiger partial charge in [0.2, 0.25) is 0 Å². The summed E-state index contributed by atoms with van der Waals surface area (Å²) in [5.41, 5.74) is 0. The molecule has 554 valence electrons. The van der Waals surface area contributed by atoms with Gasteiger partial charge in [0.25, 0.3) is 0 Å². The molecule has 0 radical (unpaired) electrons. The fourth-order valence-electron chi connectivity index (χ4n) is 10.5. The zero-order valence-corrected chi connectivity index (χ0v) is 62.1. The van der Waals surface area contributed by atoms with Gasteiger partial charge in [-0.3, -0.25) is 32.5 Å². The summed E-state index contributed by atoms with van der Waals surface area (Å²) in [6, 6.07) is 0. The van der Waals surface area contributed by atoms with Crippen LogP contribution in [-0.4, -0.2) is 95.9 Å². The molecule has 95 heavy (non-hydrogen) atoms. The molecule has 18 heteroatoms. The van der Waals surface area contributed by atoms with Crippen molar-refractivity contribution in [3.05, 3.63) is 72.9 Å². The maximum atomic E-state index is 12.9. The quantitative estimate of drug-likeness (QED) is 0.0146. The number of phosphoric acid groups is 2. The van der Waals surface area contributed by atoms with Gasteiger partial charge in [-0.1, -0.05) is 280 Å². The topological polar surface area (TPSA) is 231 Å². The minimum Gasteiger partial charge on any atom is -0.463 e. The van der Waals surface area contributed by atoms with Crippen LogP contribution in [0, 0.1) is 0 Å². The summed E-state index contributed by atoms with van der Waals surface area (Å²) in [6.07, 6.45) is 76.8. The van der Waals surface area contributed by atoms with Gasteiger partial charge in [-0.25, -0.2) is 9.13 Å². The monoisotopic (exact) mass is 1380 g/mol. The lowest BCUT2D eigenvalue weighted by Crippen LogP contribution is -2.30. The molecule has 4 N–H and O–H groups in total. The fourth-order valence-corrected chi connectivity index (χ4v) is 12.1. The maximum Gasteiger partial charge on any atom is 0.472 e. The number of esters is 3. The number of aliphatic hydroxyl groups excluding tert-OH is 2. The van der Waals surface area contributed by atoms with Crippen LogP contribution in [-0.2, 0) is 55.8 Å². The molecule has 0 aromatic carbocycles. The predicted molar refractivity (Wildman–Crippen MR) is 390 cm³/mol. The van der Waals surface area contributed by atoms with Crippen LogP contribution >= 0.6 is 15.6 Å². The molecule has 0 saturated heterocycles. The molecule has 0 aliphatic rings. The average Bonchev–Trinajstić information content (AvgIpc) is 1.75. The molecule has 0 heterocycles. The summed E-state index contributed by atoms with van der Waals surface area (Å²) in [6.45, 7) is 2.64. The van der Waals surface area contributed by atoms with E-state index in [1.54, 1.807) is 0 Å². The second-order valence-corrected chi connectivity index (χ2v) is 28.7. The first kappa shape index (κ1) is 92.0. The van der Waals surface area contributed by atoms with E-state index in [4.69, 9.17) is 32.3 Å². The van der Waals surface area contributed by atoms with E-state index in [0.29, 0.717) is 19.3 Å². The van der Waals surface area contributed by atoms with Gasteiger partial charge in [-0.05, 0) is 116 Å². The van der Waals surface area contributed by atoms with Crippen molar-refractivity contribution in [3.63, 3.8) is 0 Å². The van der Waals surface area contributed by atoms with Gasteiger partial charge in [0, 0.05) is 19.3 Å². The number of carbonyl (C=O) groups excluding carboxylic acids is 3. The van der Waals surface area contributed by atoms with Crippen molar-refractivity contribution >= 4 is 33.6 Å². The Bertz CT molecular complexity index is 2020. The van der Waals surface area contributed by atoms with Crippen LogP contribution in [0.15, 0.2) is 72.9 Å². The van der Waals surface area contributed by atoms with Crippen LogP contribution in [0.25, 0.3) is 0 Å². The van der Waals surface area contributed by atoms with Crippen molar-refractivity contribution in [1.82, 2.24) is 0 Å². The van der Waals surface area contributed by atoms with Crippen molar-refractivity contribution in [1.29, 1.82) is 0 Å². The summed E-state index contributed by atoms with van der Waals surface area (Å²) in [5, 5.41) is 20.6. The van der Waals surface area contributed by atoms with Gasteiger partial charge in [0.15, 0.2) is 6.10 Å². The molecule has 5 atom stereocenters. The molecular formula is C77H140O16P2. The van der Waals surface area contributed by atoms with E-state index in [9.17, 15) is 43.5 Å². The summed E-state index contributed by atoms with van der Waals surface area (Å²) in [7, 11) is -9.77. The number of ether oxygens (including phenoxy) is 3. The first-order chi connectivity index (χ1) is 46.2. The van der Waals surface area contributed by atoms with Crippen molar-refractivity contribution in [2.24, 2.45) is 0 Å². The number of aliphatic hydroxyl groups is 2. The van der Waals surface area contributed by atoms with E-state index in [2.05, 4.69) is 93.7 Å². The highest BCUT2D eigenvalue weighted by molar-refractivity contribution is 7.47. The number of allylic oxidation sites excluding steroid dienone is 12. The Morgan fingerprint density at radius 2 is 0.526 bits per heavy atom. The third-order valence-electron chi connectivity index (χ3n) is 16.4. The highest BCUT2D eigenvalue weighted by atomic mass is 31.2. The Hall–Kier alpha value is -3.01. The normalized spacial score (nSPS) is 14.5. The molecule has 0 bridgehead atoms. The van der Waals surface area contributed by atoms with Gasteiger partial charge in [-0.2, -0.15) is 0 Å². The number of hydrogen-bond donors (Lipinski definition) is 4. The average molecular weight is 1380 g/mol. The Kier molecular flexibility index (Phi) is 68.6. The number of rotatable bonds is 73. The second-order valence-electron chi connectivity index (χ2n) is 25.8. The lowest BCUT2D eigenvalue weighted by molar-refractivity contribution is -0.161. The molecule has 16 nitrogen and oxygen atoms in total. The number of hydrogen-bond acceptors (Lipinski definition) is 14. The largest absolute Gasteiger partial charge is 0.472 e. The second kappa shape index (κ2) is 70.8.